The van der Waals surface area contributed by atoms with Gasteiger partial charge in [-0.1, -0.05) is 0 Å². The second kappa shape index (κ2) is 2.79. The Kier molecular flexibility index (Phi) is 2.01. The molecule has 4 heteroatoms. The van der Waals surface area contributed by atoms with Gasteiger partial charge in [-0.15, -0.1) is 0 Å². The van der Waals surface area contributed by atoms with Gasteiger partial charge in [0.15, 0.2) is 0 Å². The number of methoxy groups -OCH3 is 1. The van der Waals surface area contributed by atoms with Crippen LogP contribution in [0.1, 0.15) is 6.42 Å². The van der Waals surface area contributed by atoms with Gasteiger partial charge in [0.05, 0.1) is 13.2 Å². The number of carbonyl (C=O) groups is 2. The number of hydrogen-bond acceptors (Lipinski definition) is 4. The molecule has 0 amide bonds. The Balaban J connectivity index is 2.39. The van der Waals surface area contributed by atoms with Crippen LogP contribution in [0.3, 0.4) is 0 Å². The van der Waals surface area contributed by atoms with E-state index in [0.29, 0.717) is 0 Å². The maximum Gasteiger partial charge on any atom is 0.376 e. The predicted molar refractivity (Wildman–Crippen MR) is 33.4 cm³/mol. The first-order chi connectivity index (χ1) is 4.75. The highest BCUT2D eigenvalue weighted by Gasteiger charge is 2.30. The van der Waals surface area contributed by atoms with Gasteiger partial charge in [-0.3, -0.25) is 4.79 Å². The molecule has 0 aromatic rings. The molecule has 10 heavy (non-hydrogen) atoms. The molecule has 0 aliphatic carbocycles. The largest absolute Gasteiger partial charge is 0.463 e. The van der Waals surface area contributed by atoms with E-state index in [1.807, 2.05) is 0 Å². The van der Waals surface area contributed by atoms with Crippen LogP contribution >= 0.6 is 0 Å². The number of carbonyl (C=O) groups excluding carboxylic acids is 2. The van der Waals surface area contributed by atoms with Crippen molar-refractivity contribution in [2.24, 2.45) is 0 Å². The fourth-order valence-electron chi connectivity index (χ4n) is 0.755. The SMILES string of the molecule is COC(=O)C(=O)C1CCN1. The molecule has 4 nitrogen and oxygen atoms in total. The van der Waals surface area contributed by atoms with E-state index in [2.05, 4.69) is 10.1 Å². The molecule has 0 aromatic carbocycles. The van der Waals surface area contributed by atoms with Crippen molar-refractivity contribution in [3.63, 3.8) is 0 Å². The van der Waals surface area contributed by atoms with Crippen LogP contribution in [-0.2, 0) is 14.3 Å². The van der Waals surface area contributed by atoms with Gasteiger partial charge in [0.1, 0.15) is 0 Å². The Morgan fingerprint density at radius 1 is 1.60 bits per heavy atom. The maximum absolute atomic E-state index is 10.8. The predicted octanol–water partition coefficient (Wildman–Crippen LogP) is -0.910. The lowest BCUT2D eigenvalue weighted by Gasteiger charge is -2.24. The van der Waals surface area contributed by atoms with Crippen LogP contribution in [0.25, 0.3) is 0 Å². The smallest absolute Gasteiger partial charge is 0.376 e. The van der Waals surface area contributed by atoms with Crippen LogP contribution in [0.2, 0.25) is 0 Å². The molecule has 1 aliphatic heterocycles. The Morgan fingerprint density at radius 3 is 2.50 bits per heavy atom. The number of ether oxygens (including phenoxy) is 1. The average molecular weight is 143 g/mol. The van der Waals surface area contributed by atoms with E-state index in [4.69, 9.17) is 0 Å². The van der Waals surface area contributed by atoms with Crippen LogP contribution in [0.4, 0.5) is 0 Å². The Hall–Kier alpha value is -0.900. The first-order valence-electron chi connectivity index (χ1n) is 3.11. The molecule has 1 heterocycles. The van der Waals surface area contributed by atoms with Crippen molar-refractivity contribution < 1.29 is 14.3 Å². The van der Waals surface area contributed by atoms with Gasteiger partial charge in [0.25, 0.3) is 5.78 Å². The quantitative estimate of drug-likeness (QED) is 0.401. The summed E-state index contributed by atoms with van der Waals surface area (Å²) in [5.74, 6) is -1.22. The van der Waals surface area contributed by atoms with Crippen LogP contribution in [-0.4, -0.2) is 31.4 Å². The van der Waals surface area contributed by atoms with Gasteiger partial charge in [-0.05, 0) is 13.0 Å². The molecule has 0 radical (unpaired) electrons. The number of Topliss-reactive ketones (excluding diaryl/α,β-unsaturated/α-hetero) is 1. The Labute approximate surface area is 58.5 Å². The highest BCUT2D eigenvalue weighted by Crippen LogP contribution is 2.03. The molecule has 1 atom stereocenters. The highest BCUT2D eigenvalue weighted by molar-refractivity contribution is 6.35. The number of hydrogen-bond donors (Lipinski definition) is 1. The first-order valence-corrected chi connectivity index (χ1v) is 3.11. The molecule has 1 rings (SSSR count). The second-order valence-corrected chi connectivity index (χ2v) is 2.15. The highest BCUT2D eigenvalue weighted by atomic mass is 16.5. The summed E-state index contributed by atoms with van der Waals surface area (Å²) in [6, 6.07) is -0.285. The summed E-state index contributed by atoms with van der Waals surface area (Å²) < 4.78 is 4.24. The van der Waals surface area contributed by atoms with E-state index in [9.17, 15) is 9.59 Å². The normalized spacial score (nSPS) is 23.1. The number of ketones is 1. The molecule has 1 aliphatic rings. The topological polar surface area (TPSA) is 55.4 Å². The van der Waals surface area contributed by atoms with Gasteiger partial charge in [0.2, 0.25) is 0 Å². The molecule has 1 unspecified atom stereocenters. The summed E-state index contributed by atoms with van der Waals surface area (Å²) in [5, 5.41) is 2.81. The fourth-order valence-corrected chi connectivity index (χ4v) is 0.755. The Bertz CT molecular complexity index is 162. The van der Waals surface area contributed by atoms with E-state index < -0.39 is 11.8 Å². The molecule has 0 aromatic heterocycles. The standard InChI is InChI=1S/C6H9NO3/c1-10-6(9)5(8)4-2-3-7-4/h4,7H,2-3H2,1H3. The zero-order valence-corrected chi connectivity index (χ0v) is 5.72. The van der Waals surface area contributed by atoms with E-state index in [0.717, 1.165) is 13.0 Å². The number of rotatable bonds is 2. The van der Waals surface area contributed by atoms with Crippen molar-refractivity contribution in [3.8, 4) is 0 Å². The van der Waals surface area contributed by atoms with E-state index in [1.165, 1.54) is 7.11 Å². The first kappa shape index (κ1) is 7.21. The summed E-state index contributed by atoms with van der Waals surface area (Å²) in [4.78, 5) is 21.4. The monoisotopic (exact) mass is 143 g/mol. The Morgan fingerprint density at radius 2 is 2.20 bits per heavy atom. The summed E-state index contributed by atoms with van der Waals surface area (Å²) >= 11 is 0. The van der Waals surface area contributed by atoms with Crippen LogP contribution in [0.5, 0.6) is 0 Å². The molecule has 1 fully saturated rings. The van der Waals surface area contributed by atoms with E-state index in [-0.39, 0.29) is 6.04 Å². The molecule has 1 N–H and O–H groups in total. The average Bonchev–Trinajstić information content (AvgIpc) is 1.82. The van der Waals surface area contributed by atoms with E-state index >= 15 is 0 Å². The minimum Gasteiger partial charge on any atom is -0.463 e. The van der Waals surface area contributed by atoms with Crippen LogP contribution < -0.4 is 5.32 Å². The fraction of sp³-hybridized carbons (Fsp3) is 0.667. The zero-order chi connectivity index (χ0) is 7.56. The molecule has 0 saturated carbocycles. The lowest BCUT2D eigenvalue weighted by Crippen LogP contribution is -2.51. The van der Waals surface area contributed by atoms with Crippen LogP contribution in [0.15, 0.2) is 0 Å². The molecule has 0 bridgehead atoms. The molecule has 0 spiro atoms. The minimum atomic E-state index is -0.753. The second-order valence-electron chi connectivity index (χ2n) is 2.15. The zero-order valence-electron chi connectivity index (χ0n) is 5.72. The third-order valence-corrected chi connectivity index (χ3v) is 1.53. The molecule has 1 saturated heterocycles. The van der Waals surface area contributed by atoms with Crippen LogP contribution in [0, 0.1) is 0 Å². The van der Waals surface area contributed by atoms with Crippen molar-refractivity contribution in [2.45, 2.75) is 12.5 Å². The lowest BCUT2D eigenvalue weighted by molar-refractivity contribution is -0.153. The molecular weight excluding hydrogens is 134 g/mol. The summed E-state index contributed by atoms with van der Waals surface area (Å²) in [6.07, 6.45) is 0.744. The van der Waals surface area contributed by atoms with E-state index in [1.54, 1.807) is 0 Å². The van der Waals surface area contributed by atoms with Crippen molar-refractivity contribution in [2.75, 3.05) is 13.7 Å². The summed E-state index contributed by atoms with van der Waals surface area (Å²) in [7, 11) is 1.21. The number of nitrogens with one attached hydrogen (secondary N) is 1. The van der Waals surface area contributed by atoms with Gasteiger partial charge in [-0.2, -0.15) is 0 Å². The van der Waals surface area contributed by atoms with Crippen molar-refractivity contribution >= 4 is 11.8 Å². The molecular formula is C6H9NO3. The third kappa shape index (κ3) is 1.16. The van der Waals surface area contributed by atoms with Crippen molar-refractivity contribution in [3.05, 3.63) is 0 Å². The third-order valence-electron chi connectivity index (χ3n) is 1.53. The summed E-state index contributed by atoms with van der Waals surface area (Å²) in [5.41, 5.74) is 0. The van der Waals surface area contributed by atoms with Gasteiger partial charge >= 0.3 is 5.97 Å². The maximum atomic E-state index is 10.8. The lowest BCUT2D eigenvalue weighted by atomic mass is 10.0. The van der Waals surface area contributed by atoms with Gasteiger partial charge in [-0.25, -0.2) is 4.79 Å². The van der Waals surface area contributed by atoms with Crippen molar-refractivity contribution in [1.82, 2.24) is 5.32 Å². The van der Waals surface area contributed by atoms with Gasteiger partial charge < -0.3 is 10.1 Å². The van der Waals surface area contributed by atoms with Crippen molar-refractivity contribution in [1.29, 1.82) is 0 Å². The number of esters is 1. The molecule has 56 valence electrons. The summed E-state index contributed by atoms with van der Waals surface area (Å²) in [6.45, 7) is 0.813. The van der Waals surface area contributed by atoms with Gasteiger partial charge in [0, 0.05) is 0 Å². The minimum absolute atomic E-state index is 0.285.